The van der Waals surface area contributed by atoms with Gasteiger partial charge in [0.05, 0.1) is 18.8 Å². The van der Waals surface area contributed by atoms with Gasteiger partial charge in [-0.2, -0.15) is 0 Å². The molecule has 78 valence electrons. The van der Waals surface area contributed by atoms with Gasteiger partial charge in [0.1, 0.15) is 5.41 Å². The van der Waals surface area contributed by atoms with Crippen LogP contribution in [0.3, 0.4) is 0 Å². The van der Waals surface area contributed by atoms with Gasteiger partial charge in [-0.05, 0) is 13.3 Å². The van der Waals surface area contributed by atoms with Gasteiger partial charge >= 0.3 is 5.97 Å². The fourth-order valence-corrected chi connectivity index (χ4v) is 2.17. The van der Waals surface area contributed by atoms with E-state index in [9.17, 15) is 4.79 Å². The number of nitrogens with two attached hydrogens (primary N) is 1. The van der Waals surface area contributed by atoms with E-state index in [1.165, 1.54) is 0 Å². The van der Waals surface area contributed by atoms with Crippen LogP contribution in [0.2, 0.25) is 0 Å². The maximum atomic E-state index is 11.8. The lowest BCUT2D eigenvalue weighted by molar-refractivity contribution is -0.156. The number of rotatable bonds is 3. The first-order valence-corrected chi connectivity index (χ1v) is 4.94. The maximum Gasteiger partial charge on any atom is 0.316 e. The highest BCUT2D eigenvalue weighted by Crippen LogP contribution is 2.44. The Morgan fingerprint density at radius 1 is 1.71 bits per heavy atom. The minimum absolute atomic E-state index is 0.0490. The highest BCUT2D eigenvalue weighted by Gasteiger charge is 2.55. The van der Waals surface area contributed by atoms with E-state index in [1.54, 1.807) is 6.92 Å². The molecule has 2 bridgehead atoms. The summed E-state index contributed by atoms with van der Waals surface area (Å²) in [5.74, 6) is -0.223. The zero-order valence-corrected chi connectivity index (χ0v) is 8.23. The topological polar surface area (TPSA) is 61.5 Å². The molecule has 3 unspecified atom stereocenters. The van der Waals surface area contributed by atoms with Crippen LogP contribution >= 0.6 is 0 Å². The van der Waals surface area contributed by atoms with Crippen molar-refractivity contribution in [2.45, 2.75) is 25.6 Å². The van der Waals surface area contributed by atoms with Crippen LogP contribution in [0, 0.1) is 5.41 Å². The molecule has 2 N–H and O–H groups in total. The quantitative estimate of drug-likeness (QED) is 0.519. The van der Waals surface area contributed by atoms with Gasteiger partial charge in [0.15, 0.2) is 0 Å². The summed E-state index contributed by atoms with van der Waals surface area (Å²) in [5, 5.41) is 0. The standard InChI is InChI=1S/C10H15NO3/c1-2-13-9(12)10(6-11)5-7-3-4-8(10)14-7/h3-4,7-8H,2,5-6,11H2,1H3. The van der Waals surface area contributed by atoms with Crippen molar-refractivity contribution in [1.82, 2.24) is 0 Å². The molecule has 0 amide bonds. The highest BCUT2D eigenvalue weighted by molar-refractivity contribution is 5.79. The summed E-state index contributed by atoms with van der Waals surface area (Å²) in [6, 6.07) is 0. The third-order valence-electron chi connectivity index (χ3n) is 2.98. The molecule has 3 atom stereocenters. The van der Waals surface area contributed by atoms with E-state index in [0.717, 1.165) is 0 Å². The lowest BCUT2D eigenvalue weighted by atomic mass is 9.77. The molecule has 1 saturated heterocycles. The van der Waals surface area contributed by atoms with Gasteiger partial charge in [-0.1, -0.05) is 12.2 Å². The van der Waals surface area contributed by atoms with E-state index in [0.29, 0.717) is 13.0 Å². The first-order chi connectivity index (χ1) is 6.73. The summed E-state index contributed by atoms with van der Waals surface area (Å²) in [6.07, 6.45) is 4.42. The van der Waals surface area contributed by atoms with Crippen LogP contribution in [0.25, 0.3) is 0 Å². The van der Waals surface area contributed by atoms with Gasteiger partial charge < -0.3 is 15.2 Å². The largest absolute Gasteiger partial charge is 0.465 e. The Morgan fingerprint density at radius 2 is 2.50 bits per heavy atom. The Kier molecular flexibility index (Phi) is 2.33. The number of hydrogen-bond acceptors (Lipinski definition) is 4. The Morgan fingerprint density at radius 3 is 2.93 bits per heavy atom. The molecule has 2 rings (SSSR count). The molecule has 1 fully saturated rings. The predicted octanol–water partition coefficient (Wildman–Crippen LogP) is 0.222. The second-order valence-corrected chi connectivity index (χ2v) is 3.76. The summed E-state index contributed by atoms with van der Waals surface area (Å²) < 4.78 is 10.6. The molecule has 14 heavy (non-hydrogen) atoms. The van der Waals surface area contributed by atoms with Crippen LogP contribution in [-0.2, 0) is 14.3 Å². The Labute approximate surface area is 83.1 Å². The normalized spacial score (nSPS) is 39.0. The lowest BCUT2D eigenvalue weighted by Crippen LogP contribution is -2.46. The van der Waals surface area contributed by atoms with Crippen LogP contribution in [-0.4, -0.2) is 31.3 Å². The smallest absolute Gasteiger partial charge is 0.316 e. The molecule has 0 spiro atoms. The monoisotopic (exact) mass is 197 g/mol. The second-order valence-electron chi connectivity index (χ2n) is 3.76. The molecule has 0 aromatic carbocycles. The average Bonchev–Trinajstić information content (AvgIpc) is 2.77. The first kappa shape index (κ1) is 9.68. The van der Waals surface area contributed by atoms with Gasteiger partial charge in [0, 0.05) is 6.54 Å². The van der Waals surface area contributed by atoms with E-state index in [1.807, 2.05) is 12.2 Å². The van der Waals surface area contributed by atoms with Crippen LogP contribution in [0.1, 0.15) is 13.3 Å². The predicted molar refractivity (Wildman–Crippen MR) is 50.5 cm³/mol. The minimum atomic E-state index is -0.630. The highest BCUT2D eigenvalue weighted by atomic mass is 16.5. The van der Waals surface area contributed by atoms with Crippen molar-refractivity contribution in [2.24, 2.45) is 11.1 Å². The Hall–Kier alpha value is -0.870. The molecular formula is C10H15NO3. The van der Waals surface area contributed by atoms with E-state index in [2.05, 4.69) is 0 Å². The molecule has 4 heteroatoms. The van der Waals surface area contributed by atoms with Crippen molar-refractivity contribution >= 4 is 5.97 Å². The van der Waals surface area contributed by atoms with Crippen LogP contribution < -0.4 is 5.73 Å². The first-order valence-electron chi connectivity index (χ1n) is 4.94. The van der Waals surface area contributed by atoms with E-state index in [4.69, 9.17) is 15.2 Å². The van der Waals surface area contributed by atoms with Crippen LogP contribution in [0.5, 0.6) is 0 Å². The molecule has 4 nitrogen and oxygen atoms in total. The number of esters is 1. The van der Waals surface area contributed by atoms with Gasteiger partial charge in [0.25, 0.3) is 0 Å². The maximum absolute atomic E-state index is 11.8. The van der Waals surface area contributed by atoms with Gasteiger partial charge in [-0.15, -0.1) is 0 Å². The third-order valence-corrected chi connectivity index (χ3v) is 2.98. The number of carbonyl (C=O) groups excluding carboxylic acids is 1. The van der Waals surface area contributed by atoms with Crippen LogP contribution in [0.15, 0.2) is 12.2 Å². The van der Waals surface area contributed by atoms with Crippen molar-refractivity contribution in [3.63, 3.8) is 0 Å². The van der Waals surface area contributed by atoms with E-state index < -0.39 is 5.41 Å². The summed E-state index contributed by atoms with van der Waals surface area (Å²) in [6.45, 7) is 2.48. The molecule has 0 aliphatic carbocycles. The summed E-state index contributed by atoms with van der Waals surface area (Å²) in [7, 11) is 0. The second kappa shape index (κ2) is 3.37. The number of ether oxygens (including phenoxy) is 2. The van der Waals surface area contributed by atoms with Crippen molar-refractivity contribution in [2.75, 3.05) is 13.2 Å². The zero-order valence-electron chi connectivity index (χ0n) is 8.23. The number of carbonyl (C=O) groups is 1. The minimum Gasteiger partial charge on any atom is -0.465 e. The Balaban J connectivity index is 2.19. The van der Waals surface area contributed by atoms with Gasteiger partial charge in [0.2, 0.25) is 0 Å². The molecule has 0 saturated carbocycles. The SMILES string of the molecule is CCOC(=O)C1(CN)CC2C=CC1O2. The molecule has 0 aromatic heterocycles. The number of fused-ring (bicyclic) bond motifs is 2. The summed E-state index contributed by atoms with van der Waals surface area (Å²) in [5.41, 5.74) is 5.04. The molecule has 0 aromatic rings. The third kappa shape index (κ3) is 1.18. The van der Waals surface area contributed by atoms with Crippen molar-refractivity contribution in [1.29, 1.82) is 0 Å². The molecule has 2 aliphatic heterocycles. The summed E-state index contributed by atoms with van der Waals surface area (Å²) in [4.78, 5) is 11.8. The molecule has 2 aliphatic rings. The fourth-order valence-electron chi connectivity index (χ4n) is 2.17. The Bertz CT molecular complexity index is 277. The van der Waals surface area contributed by atoms with Gasteiger partial charge in [-0.3, -0.25) is 4.79 Å². The van der Waals surface area contributed by atoms with E-state index >= 15 is 0 Å². The van der Waals surface area contributed by atoms with Crippen molar-refractivity contribution in [3.05, 3.63) is 12.2 Å². The van der Waals surface area contributed by atoms with Gasteiger partial charge in [-0.25, -0.2) is 0 Å². The summed E-state index contributed by atoms with van der Waals surface area (Å²) >= 11 is 0. The average molecular weight is 197 g/mol. The van der Waals surface area contributed by atoms with E-state index in [-0.39, 0.29) is 24.7 Å². The van der Waals surface area contributed by atoms with Crippen LogP contribution in [0.4, 0.5) is 0 Å². The van der Waals surface area contributed by atoms with Crippen molar-refractivity contribution < 1.29 is 14.3 Å². The molecular weight excluding hydrogens is 182 g/mol. The van der Waals surface area contributed by atoms with Crippen molar-refractivity contribution in [3.8, 4) is 0 Å². The molecule has 0 radical (unpaired) electrons. The zero-order chi connectivity index (χ0) is 10.2. The molecule has 2 heterocycles. The lowest BCUT2D eigenvalue weighted by Gasteiger charge is -2.28. The number of hydrogen-bond donors (Lipinski definition) is 1. The fraction of sp³-hybridized carbons (Fsp3) is 0.700.